The number of aromatic nitrogens is 1. The summed E-state index contributed by atoms with van der Waals surface area (Å²) in [5, 5.41) is 3.34. The molecule has 2 fully saturated rings. The van der Waals surface area contributed by atoms with Crippen molar-refractivity contribution in [1.82, 2.24) is 14.8 Å². The summed E-state index contributed by atoms with van der Waals surface area (Å²) in [6, 6.07) is 17.3. The molecule has 6 nitrogen and oxygen atoms in total. The quantitative estimate of drug-likeness (QED) is 0.514. The third kappa shape index (κ3) is 5.89. The Morgan fingerprint density at radius 3 is 2.35 bits per heavy atom. The first-order valence-corrected chi connectivity index (χ1v) is 13.3. The highest BCUT2D eigenvalue weighted by atomic mass is 19.1. The summed E-state index contributed by atoms with van der Waals surface area (Å²) >= 11 is 0. The third-order valence-corrected chi connectivity index (χ3v) is 7.67. The second kappa shape index (κ2) is 11.5. The molecule has 1 N–H and O–H groups in total. The lowest BCUT2D eigenvalue weighted by atomic mass is 10.0. The van der Waals surface area contributed by atoms with Crippen LogP contribution in [0.5, 0.6) is 0 Å². The van der Waals surface area contributed by atoms with Gasteiger partial charge in [0.25, 0.3) is 5.91 Å². The van der Waals surface area contributed by atoms with Gasteiger partial charge in [0, 0.05) is 56.6 Å². The van der Waals surface area contributed by atoms with E-state index in [1.54, 1.807) is 12.1 Å². The summed E-state index contributed by atoms with van der Waals surface area (Å²) in [5.74, 6) is -0.307. The van der Waals surface area contributed by atoms with Gasteiger partial charge in [-0.05, 0) is 49.9 Å². The molecule has 7 heteroatoms. The lowest BCUT2D eigenvalue weighted by Gasteiger charge is -2.32. The second-order valence-electron chi connectivity index (χ2n) is 10.2. The number of benzene rings is 2. The van der Waals surface area contributed by atoms with E-state index in [4.69, 9.17) is 4.74 Å². The van der Waals surface area contributed by atoms with E-state index < -0.39 is 0 Å². The minimum Gasteiger partial charge on any atom is -0.378 e. The SMILES string of the molecule is Cc1c(N2CCOCC2)c(C)n(Cc2cccc(F)c2)c1C(=O)NC1CCN(Cc2ccccc2)CC1. The number of anilines is 1. The fraction of sp³-hybridized carbons (Fsp3) is 0.433. The summed E-state index contributed by atoms with van der Waals surface area (Å²) in [7, 11) is 0. The van der Waals surface area contributed by atoms with E-state index in [0.29, 0.717) is 25.5 Å². The average molecular weight is 505 g/mol. The van der Waals surface area contributed by atoms with Crippen molar-refractivity contribution in [2.24, 2.45) is 0 Å². The number of piperidine rings is 1. The summed E-state index contributed by atoms with van der Waals surface area (Å²) in [6.45, 7) is 10.4. The molecule has 2 aliphatic heterocycles. The molecule has 3 aromatic rings. The predicted molar refractivity (Wildman–Crippen MR) is 145 cm³/mol. The molecular weight excluding hydrogens is 467 g/mol. The number of amides is 1. The van der Waals surface area contributed by atoms with Crippen molar-refractivity contribution in [2.45, 2.75) is 45.8 Å². The van der Waals surface area contributed by atoms with E-state index in [2.05, 4.69) is 50.9 Å². The van der Waals surface area contributed by atoms with Crippen molar-refractivity contribution in [3.05, 3.63) is 88.5 Å². The van der Waals surface area contributed by atoms with Gasteiger partial charge in [-0.1, -0.05) is 42.5 Å². The van der Waals surface area contributed by atoms with Crippen LogP contribution in [0, 0.1) is 19.7 Å². The van der Waals surface area contributed by atoms with Gasteiger partial charge in [-0.25, -0.2) is 4.39 Å². The smallest absolute Gasteiger partial charge is 0.268 e. The van der Waals surface area contributed by atoms with Crippen LogP contribution >= 0.6 is 0 Å². The highest BCUT2D eigenvalue weighted by Gasteiger charge is 2.29. The lowest BCUT2D eigenvalue weighted by Crippen LogP contribution is -2.45. The van der Waals surface area contributed by atoms with Crippen molar-refractivity contribution in [1.29, 1.82) is 0 Å². The summed E-state index contributed by atoms with van der Waals surface area (Å²) in [5.41, 5.74) is 5.95. The maximum atomic E-state index is 14.0. The molecule has 196 valence electrons. The maximum absolute atomic E-state index is 14.0. The van der Waals surface area contributed by atoms with Crippen LogP contribution in [-0.2, 0) is 17.8 Å². The van der Waals surface area contributed by atoms with E-state index in [1.165, 1.54) is 11.6 Å². The molecule has 1 aromatic heterocycles. The van der Waals surface area contributed by atoms with Crippen molar-refractivity contribution >= 4 is 11.6 Å². The van der Waals surface area contributed by atoms with Gasteiger partial charge in [0.2, 0.25) is 0 Å². The maximum Gasteiger partial charge on any atom is 0.268 e. The Labute approximate surface area is 219 Å². The summed E-state index contributed by atoms with van der Waals surface area (Å²) in [4.78, 5) is 18.5. The fourth-order valence-corrected chi connectivity index (χ4v) is 5.77. The first-order chi connectivity index (χ1) is 18.0. The molecule has 5 rings (SSSR count). The molecule has 0 saturated carbocycles. The fourth-order valence-electron chi connectivity index (χ4n) is 5.77. The van der Waals surface area contributed by atoms with Crippen molar-refractivity contribution in [3.8, 4) is 0 Å². The Hall–Kier alpha value is -3.16. The van der Waals surface area contributed by atoms with Gasteiger partial charge in [0.05, 0.1) is 18.9 Å². The van der Waals surface area contributed by atoms with E-state index in [1.807, 2.05) is 19.1 Å². The van der Waals surface area contributed by atoms with Crippen LogP contribution < -0.4 is 10.2 Å². The Morgan fingerprint density at radius 1 is 0.946 bits per heavy atom. The molecule has 0 bridgehead atoms. The molecule has 2 saturated heterocycles. The molecule has 2 aromatic carbocycles. The summed E-state index contributed by atoms with van der Waals surface area (Å²) in [6.07, 6.45) is 1.86. The van der Waals surface area contributed by atoms with Gasteiger partial charge in [-0.2, -0.15) is 0 Å². The third-order valence-electron chi connectivity index (χ3n) is 7.67. The highest BCUT2D eigenvalue weighted by Crippen LogP contribution is 2.32. The predicted octanol–water partition coefficient (Wildman–Crippen LogP) is 4.52. The number of halogens is 1. The number of morpholine rings is 1. The molecule has 37 heavy (non-hydrogen) atoms. The Morgan fingerprint density at radius 2 is 1.65 bits per heavy atom. The minimum absolute atomic E-state index is 0.0435. The molecule has 2 aliphatic rings. The molecule has 0 aliphatic carbocycles. The molecule has 0 radical (unpaired) electrons. The first-order valence-electron chi connectivity index (χ1n) is 13.3. The number of nitrogens with one attached hydrogen (secondary N) is 1. The van der Waals surface area contributed by atoms with Crippen LogP contribution in [0.3, 0.4) is 0 Å². The van der Waals surface area contributed by atoms with Crippen molar-refractivity contribution in [3.63, 3.8) is 0 Å². The number of rotatable bonds is 7. The zero-order valence-electron chi connectivity index (χ0n) is 21.9. The van der Waals surface area contributed by atoms with E-state index >= 15 is 0 Å². The molecule has 0 spiro atoms. The zero-order chi connectivity index (χ0) is 25.8. The Kier molecular flexibility index (Phi) is 7.91. The standard InChI is InChI=1S/C30H37FN4O2/c1-22-28(34-15-17-37-18-16-34)23(2)35(21-25-9-6-10-26(31)19-25)29(22)30(36)32-27-11-13-33(14-12-27)20-24-7-4-3-5-8-24/h3-10,19,27H,11-18,20-21H2,1-2H3,(H,32,36). The monoisotopic (exact) mass is 504 g/mol. The number of hydrogen-bond acceptors (Lipinski definition) is 4. The Bertz CT molecular complexity index is 1210. The normalized spacial score (nSPS) is 17.2. The van der Waals surface area contributed by atoms with Gasteiger partial charge in [0.15, 0.2) is 0 Å². The van der Waals surface area contributed by atoms with Crippen molar-refractivity contribution < 1.29 is 13.9 Å². The minimum atomic E-state index is -0.263. The van der Waals surface area contributed by atoms with Gasteiger partial charge >= 0.3 is 0 Å². The van der Waals surface area contributed by atoms with E-state index in [0.717, 1.165) is 68.1 Å². The van der Waals surface area contributed by atoms with Gasteiger partial charge in [0.1, 0.15) is 11.5 Å². The van der Waals surface area contributed by atoms with E-state index in [-0.39, 0.29) is 17.8 Å². The molecule has 0 atom stereocenters. The van der Waals surface area contributed by atoms with Crippen LogP contribution in [0.25, 0.3) is 0 Å². The van der Waals surface area contributed by atoms with Crippen LogP contribution in [-0.4, -0.2) is 60.8 Å². The lowest BCUT2D eigenvalue weighted by molar-refractivity contribution is 0.0899. The number of hydrogen-bond donors (Lipinski definition) is 1. The van der Waals surface area contributed by atoms with Gasteiger partial charge in [-0.15, -0.1) is 0 Å². The highest BCUT2D eigenvalue weighted by molar-refractivity contribution is 5.97. The number of nitrogens with zero attached hydrogens (tertiary/aromatic N) is 3. The number of likely N-dealkylation sites (tertiary alicyclic amines) is 1. The molecule has 0 unspecified atom stereocenters. The molecule has 1 amide bonds. The molecule has 3 heterocycles. The van der Waals surface area contributed by atoms with Crippen molar-refractivity contribution in [2.75, 3.05) is 44.3 Å². The average Bonchev–Trinajstić information content (AvgIpc) is 3.15. The van der Waals surface area contributed by atoms with Gasteiger partial charge < -0.3 is 19.5 Å². The Balaban J connectivity index is 1.34. The van der Waals surface area contributed by atoms with E-state index in [9.17, 15) is 9.18 Å². The molecular formula is C30H37FN4O2. The number of carbonyl (C=O) groups is 1. The zero-order valence-corrected chi connectivity index (χ0v) is 21.9. The van der Waals surface area contributed by atoms with Gasteiger partial charge in [-0.3, -0.25) is 9.69 Å². The number of ether oxygens (including phenoxy) is 1. The topological polar surface area (TPSA) is 49.7 Å². The largest absolute Gasteiger partial charge is 0.378 e. The second-order valence-corrected chi connectivity index (χ2v) is 10.2. The first kappa shape index (κ1) is 25.5. The van der Waals surface area contributed by atoms with Crippen LogP contribution in [0.15, 0.2) is 54.6 Å². The summed E-state index contributed by atoms with van der Waals surface area (Å²) < 4.78 is 21.6. The number of carbonyl (C=O) groups excluding carboxylic acids is 1. The van der Waals surface area contributed by atoms with Crippen LogP contribution in [0.4, 0.5) is 10.1 Å². The van der Waals surface area contributed by atoms with Crippen LogP contribution in [0.2, 0.25) is 0 Å². The van der Waals surface area contributed by atoms with Crippen LogP contribution in [0.1, 0.15) is 45.7 Å².